The Hall–Kier alpha value is 0.320. The maximum absolute atomic E-state index is 3.67. The molecule has 2 heterocycles. The zero-order valence-corrected chi connectivity index (χ0v) is 15.1. The molecule has 1 N–H and O–H groups in total. The molecule has 1 unspecified atom stereocenters. The molecule has 18 heavy (non-hydrogen) atoms. The lowest BCUT2D eigenvalue weighted by molar-refractivity contribution is 0.598. The van der Waals surface area contributed by atoms with Gasteiger partial charge in [-0.1, -0.05) is 6.92 Å². The molecule has 0 saturated carbocycles. The van der Waals surface area contributed by atoms with Gasteiger partial charge in [-0.3, -0.25) is 0 Å². The van der Waals surface area contributed by atoms with E-state index < -0.39 is 0 Å². The van der Waals surface area contributed by atoms with Crippen LogP contribution in [-0.4, -0.2) is 6.54 Å². The first-order valence-corrected chi connectivity index (χ1v) is 9.13. The largest absolute Gasteiger partial charge is 0.306 e. The van der Waals surface area contributed by atoms with Gasteiger partial charge in [-0.05, 0) is 80.4 Å². The zero-order chi connectivity index (χ0) is 13.1. The van der Waals surface area contributed by atoms with E-state index in [0.717, 1.165) is 13.0 Å². The minimum absolute atomic E-state index is 0.285. The van der Waals surface area contributed by atoms with E-state index in [9.17, 15) is 0 Å². The van der Waals surface area contributed by atoms with Gasteiger partial charge < -0.3 is 5.32 Å². The van der Waals surface area contributed by atoms with Gasteiger partial charge in [0.25, 0.3) is 0 Å². The van der Waals surface area contributed by atoms with Gasteiger partial charge in [0.05, 0.1) is 13.6 Å². The molecule has 2 aromatic heterocycles. The molecular formula is C13H15Br2NS2. The smallest absolute Gasteiger partial charge is 0.0761 e. The van der Waals surface area contributed by atoms with Crippen molar-refractivity contribution < 1.29 is 0 Å². The molecule has 0 aromatic carbocycles. The van der Waals surface area contributed by atoms with Crippen LogP contribution in [0.3, 0.4) is 0 Å². The molecule has 1 nitrogen and oxygen atoms in total. The van der Waals surface area contributed by atoms with Crippen LogP contribution in [0, 0.1) is 6.92 Å². The van der Waals surface area contributed by atoms with Gasteiger partial charge >= 0.3 is 0 Å². The normalized spacial score (nSPS) is 12.9. The molecule has 0 aliphatic carbocycles. The molecule has 1 atom stereocenters. The summed E-state index contributed by atoms with van der Waals surface area (Å²) in [6, 6.07) is 4.72. The monoisotopic (exact) mass is 407 g/mol. The summed E-state index contributed by atoms with van der Waals surface area (Å²) < 4.78 is 2.37. The van der Waals surface area contributed by atoms with Crippen molar-refractivity contribution in [3.63, 3.8) is 0 Å². The van der Waals surface area contributed by atoms with Crippen molar-refractivity contribution in [3.05, 3.63) is 41.1 Å². The SMILES string of the molecule is CCCNC(c1ccsc1C)c1cc(Br)sc1Br. The molecule has 0 aliphatic heterocycles. The van der Waals surface area contributed by atoms with Crippen LogP contribution in [-0.2, 0) is 0 Å². The number of rotatable bonds is 5. The predicted octanol–water partition coefficient (Wildman–Crippen LogP) is 5.73. The summed E-state index contributed by atoms with van der Waals surface area (Å²) >= 11 is 10.8. The average molecular weight is 409 g/mol. The van der Waals surface area contributed by atoms with E-state index in [0.29, 0.717) is 0 Å². The van der Waals surface area contributed by atoms with Gasteiger partial charge in [-0.15, -0.1) is 22.7 Å². The van der Waals surface area contributed by atoms with Crippen LogP contribution < -0.4 is 5.32 Å². The number of hydrogen-bond acceptors (Lipinski definition) is 3. The summed E-state index contributed by atoms with van der Waals surface area (Å²) in [4.78, 5) is 1.39. The number of hydrogen-bond donors (Lipinski definition) is 1. The van der Waals surface area contributed by atoms with Crippen LogP contribution in [0.5, 0.6) is 0 Å². The molecular weight excluding hydrogens is 394 g/mol. The highest BCUT2D eigenvalue weighted by Crippen LogP contribution is 2.39. The highest BCUT2D eigenvalue weighted by Gasteiger charge is 2.20. The van der Waals surface area contributed by atoms with Crippen LogP contribution in [0.15, 0.2) is 25.1 Å². The van der Waals surface area contributed by atoms with Crippen molar-refractivity contribution in [1.29, 1.82) is 0 Å². The van der Waals surface area contributed by atoms with Crippen LogP contribution in [0.25, 0.3) is 0 Å². The third-order valence-corrected chi connectivity index (χ3v) is 6.05. The fraction of sp³-hybridized carbons (Fsp3) is 0.385. The maximum atomic E-state index is 3.67. The van der Waals surface area contributed by atoms with Crippen molar-refractivity contribution in [2.75, 3.05) is 6.54 Å². The first-order chi connectivity index (χ1) is 8.63. The van der Waals surface area contributed by atoms with E-state index >= 15 is 0 Å². The van der Waals surface area contributed by atoms with Crippen molar-refractivity contribution in [3.8, 4) is 0 Å². The van der Waals surface area contributed by atoms with Crippen molar-refractivity contribution in [2.45, 2.75) is 26.3 Å². The Morgan fingerprint density at radius 3 is 2.61 bits per heavy atom. The Balaban J connectivity index is 2.37. The standard InChI is InChI=1S/C13H15Br2NS2/c1-3-5-16-12(9-4-6-17-8(9)2)10-7-11(14)18-13(10)15/h4,6-7,12,16H,3,5H2,1-2H3. The Morgan fingerprint density at radius 1 is 1.33 bits per heavy atom. The number of thiophene rings is 2. The lowest BCUT2D eigenvalue weighted by atomic mass is 10.0. The van der Waals surface area contributed by atoms with Crippen LogP contribution >= 0.6 is 54.5 Å². The topological polar surface area (TPSA) is 12.0 Å². The minimum atomic E-state index is 0.285. The van der Waals surface area contributed by atoms with Crippen molar-refractivity contribution >= 4 is 54.5 Å². The molecule has 0 bridgehead atoms. The number of aryl methyl sites for hydroxylation is 1. The molecule has 0 aliphatic rings. The van der Waals surface area contributed by atoms with E-state index in [1.54, 1.807) is 11.3 Å². The van der Waals surface area contributed by atoms with E-state index in [1.165, 1.54) is 23.6 Å². The van der Waals surface area contributed by atoms with E-state index in [4.69, 9.17) is 0 Å². The Morgan fingerprint density at radius 2 is 2.11 bits per heavy atom. The first-order valence-electron chi connectivity index (χ1n) is 5.85. The molecule has 0 saturated heterocycles. The highest BCUT2D eigenvalue weighted by molar-refractivity contribution is 9.12. The van der Waals surface area contributed by atoms with Gasteiger partial charge in [-0.25, -0.2) is 0 Å². The second-order valence-corrected chi connectivity index (χ2v) is 8.97. The molecule has 98 valence electrons. The molecule has 0 fully saturated rings. The van der Waals surface area contributed by atoms with E-state index in [1.807, 2.05) is 11.3 Å². The first kappa shape index (κ1) is 14.7. The third kappa shape index (κ3) is 3.25. The Bertz CT molecular complexity index is 519. The van der Waals surface area contributed by atoms with Gasteiger partial charge in [0.2, 0.25) is 0 Å². The van der Waals surface area contributed by atoms with E-state index in [-0.39, 0.29) is 6.04 Å². The van der Waals surface area contributed by atoms with E-state index in [2.05, 4.69) is 68.5 Å². The summed E-state index contributed by atoms with van der Waals surface area (Å²) in [5, 5.41) is 5.81. The van der Waals surface area contributed by atoms with Gasteiger partial charge in [0, 0.05) is 4.88 Å². The van der Waals surface area contributed by atoms with Crippen LogP contribution in [0.2, 0.25) is 0 Å². The summed E-state index contributed by atoms with van der Waals surface area (Å²) in [6.07, 6.45) is 1.14. The lowest BCUT2D eigenvalue weighted by Crippen LogP contribution is -2.23. The zero-order valence-electron chi connectivity index (χ0n) is 10.3. The quantitative estimate of drug-likeness (QED) is 0.665. The van der Waals surface area contributed by atoms with Gasteiger partial charge in [0.1, 0.15) is 0 Å². The highest BCUT2D eigenvalue weighted by atomic mass is 79.9. The summed E-state index contributed by atoms with van der Waals surface area (Å²) in [7, 11) is 0. The Kier molecular flexibility index (Phi) is 5.45. The van der Waals surface area contributed by atoms with Crippen molar-refractivity contribution in [1.82, 2.24) is 5.32 Å². The van der Waals surface area contributed by atoms with Crippen LogP contribution in [0.1, 0.15) is 35.4 Å². The summed E-state index contributed by atoms with van der Waals surface area (Å²) in [5.74, 6) is 0. The minimum Gasteiger partial charge on any atom is -0.306 e. The number of nitrogens with one attached hydrogen (secondary N) is 1. The van der Waals surface area contributed by atoms with Crippen molar-refractivity contribution in [2.24, 2.45) is 0 Å². The molecule has 0 amide bonds. The van der Waals surface area contributed by atoms with Gasteiger partial charge in [0.15, 0.2) is 0 Å². The third-order valence-electron chi connectivity index (χ3n) is 2.80. The molecule has 5 heteroatoms. The summed E-state index contributed by atoms with van der Waals surface area (Å²) in [6.45, 7) is 5.42. The average Bonchev–Trinajstić information content (AvgIpc) is 2.87. The lowest BCUT2D eigenvalue weighted by Gasteiger charge is -2.18. The number of halogens is 2. The van der Waals surface area contributed by atoms with Gasteiger partial charge in [-0.2, -0.15) is 0 Å². The predicted molar refractivity (Wildman–Crippen MR) is 88.9 cm³/mol. The Labute approximate surface area is 133 Å². The second kappa shape index (κ2) is 6.66. The van der Waals surface area contributed by atoms with Crippen LogP contribution in [0.4, 0.5) is 0 Å². The second-order valence-electron chi connectivity index (χ2n) is 4.10. The molecule has 2 rings (SSSR count). The fourth-order valence-electron chi connectivity index (χ4n) is 1.92. The summed E-state index contributed by atoms with van der Waals surface area (Å²) in [5.41, 5.74) is 2.71. The molecule has 0 radical (unpaired) electrons. The fourth-order valence-corrected chi connectivity index (χ4v) is 5.56. The molecule has 2 aromatic rings. The molecule has 0 spiro atoms. The maximum Gasteiger partial charge on any atom is 0.0761 e.